The van der Waals surface area contributed by atoms with Crippen molar-refractivity contribution in [2.24, 2.45) is 0 Å². The van der Waals surface area contributed by atoms with Crippen LogP contribution in [0.15, 0.2) is 30.3 Å². The van der Waals surface area contributed by atoms with E-state index in [9.17, 15) is 0 Å². The first kappa shape index (κ1) is 9.51. The highest BCUT2D eigenvalue weighted by atomic mass is 27.1. The minimum Gasteiger partial charge on any atom is -0.649 e. The van der Waals surface area contributed by atoms with E-state index in [0.717, 1.165) is 28.8 Å². The number of benzene rings is 1. The van der Waals surface area contributed by atoms with Gasteiger partial charge in [0.1, 0.15) is 11.3 Å². The lowest BCUT2D eigenvalue weighted by Crippen LogP contribution is -1.92. The van der Waals surface area contributed by atoms with Crippen molar-refractivity contribution in [1.82, 2.24) is 4.98 Å². The highest BCUT2D eigenvalue weighted by Crippen LogP contribution is 2.23. The summed E-state index contributed by atoms with van der Waals surface area (Å²) in [6, 6.07) is 10.1. The van der Waals surface area contributed by atoms with Crippen molar-refractivity contribution < 1.29 is 3.79 Å². The normalized spacial score (nSPS) is 10.4. The highest BCUT2D eigenvalue weighted by molar-refractivity contribution is 6.01. The van der Waals surface area contributed by atoms with Crippen LogP contribution in [0, 0.1) is 0 Å². The molecule has 1 aromatic carbocycles. The summed E-state index contributed by atoms with van der Waals surface area (Å²) >= 11 is 1.48. The monoisotopic (exact) mass is 200 g/mol. The summed E-state index contributed by atoms with van der Waals surface area (Å²) < 4.78 is 5.29. The highest BCUT2D eigenvalue weighted by Gasteiger charge is 2.01. The standard InChI is InChI=1S/C11H11NO.Al.H/c1-2-9-7-6-8-4-3-5-10(13)11(8)12-9;;/h3-7,13H,2H2,1H3;;/q;+1;/p-1. The van der Waals surface area contributed by atoms with Gasteiger partial charge in [-0.15, -0.1) is 0 Å². The molecule has 0 amide bonds. The molecule has 0 aliphatic rings. The molecule has 0 aliphatic heterocycles. The molecule has 69 valence electrons. The third kappa shape index (κ3) is 1.61. The van der Waals surface area contributed by atoms with E-state index in [4.69, 9.17) is 3.79 Å². The molecule has 1 aromatic heterocycles. The molecule has 0 bridgehead atoms. The quantitative estimate of drug-likeness (QED) is 0.691. The van der Waals surface area contributed by atoms with Crippen LogP contribution in [0.2, 0.25) is 0 Å². The Morgan fingerprint density at radius 2 is 2.14 bits per heavy atom. The summed E-state index contributed by atoms with van der Waals surface area (Å²) in [7, 11) is 0. The smallest absolute Gasteiger partial charge is 0.494 e. The van der Waals surface area contributed by atoms with E-state index in [-0.39, 0.29) is 0 Å². The maximum Gasteiger partial charge on any atom is 0.494 e. The molecule has 0 saturated heterocycles. The first-order chi connectivity index (χ1) is 6.85. The molecule has 0 spiro atoms. The molecule has 2 aromatic rings. The maximum absolute atomic E-state index is 5.29. The van der Waals surface area contributed by atoms with Crippen molar-refractivity contribution in [3.63, 3.8) is 0 Å². The number of rotatable bonds is 2. The molecule has 0 saturated carbocycles. The molecule has 0 atom stereocenters. The lowest BCUT2D eigenvalue weighted by molar-refractivity contribution is 0.621. The van der Waals surface area contributed by atoms with Crippen molar-refractivity contribution in [3.05, 3.63) is 36.0 Å². The molecule has 2 rings (SSSR count). The lowest BCUT2D eigenvalue weighted by Gasteiger charge is -2.07. The fourth-order valence-electron chi connectivity index (χ4n) is 1.47. The van der Waals surface area contributed by atoms with Gasteiger partial charge in [0.2, 0.25) is 0 Å². The minimum atomic E-state index is 0.858. The van der Waals surface area contributed by atoms with Gasteiger partial charge in [0.25, 0.3) is 0 Å². The number of aromatic nitrogens is 1. The topological polar surface area (TPSA) is 22.1 Å². The zero-order valence-electron chi connectivity index (χ0n) is 8.16. The molecule has 0 aliphatic carbocycles. The SMILES string of the molecule is CCc1ccc2cccc([O][AlH])c2n1. The fourth-order valence-corrected chi connectivity index (χ4v) is 1.71. The van der Waals surface area contributed by atoms with Crippen LogP contribution in [-0.4, -0.2) is 21.6 Å². The third-order valence-corrected chi connectivity index (χ3v) is 2.57. The second-order valence-electron chi connectivity index (χ2n) is 3.13. The van der Waals surface area contributed by atoms with E-state index >= 15 is 0 Å². The molecule has 2 nitrogen and oxygen atoms in total. The Balaban J connectivity index is 2.70. The fraction of sp³-hybridized carbons (Fsp3) is 0.182. The van der Waals surface area contributed by atoms with Gasteiger partial charge in [-0.1, -0.05) is 25.1 Å². The summed E-state index contributed by atoms with van der Waals surface area (Å²) in [5, 5.41) is 1.13. The first-order valence-corrected chi connectivity index (χ1v) is 5.23. The van der Waals surface area contributed by atoms with Gasteiger partial charge in [0.05, 0.1) is 0 Å². The summed E-state index contributed by atoms with van der Waals surface area (Å²) in [6.07, 6.45) is 0.955. The van der Waals surface area contributed by atoms with Crippen LogP contribution in [0.25, 0.3) is 10.9 Å². The van der Waals surface area contributed by atoms with Gasteiger partial charge in [-0.25, -0.2) is 4.98 Å². The second-order valence-corrected chi connectivity index (χ2v) is 3.42. The Morgan fingerprint density at radius 3 is 2.86 bits per heavy atom. The van der Waals surface area contributed by atoms with Gasteiger partial charge >= 0.3 is 16.6 Å². The van der Waals surface area contributed by atoms with Crippen LogP contribution in [0.3, 0.4) is 0 Å². The van der Waals surface area contributed by atoms with Crippen molar-refractivity contribution in [3.8, 4) is 5.75 Å². The number of hydrogen-bond donors (Lipinski definition) is 0. The van der Waals surface area contributed by atoms with Crippen LogP contribution in [-0.2, 0) is 6.42 Å². The molecular formula is C11H11AlNO. The Labute approximate surface area is 91.7 Å². The van der Waals surface area contributed by atoms with Crippen LogP contribution in [0.1, 0.15) is 12.6 Å². The predicted octanol–water partition coefficient (Wildman–Crippen LogP) is 1.99. The summed E-state index contributed by atoms with van der Waals surface area (Å²) in [5.41, 5.74) is 2.06. The number of fused-ring (bicyclic) bond motifs is 1. The Kier molecular flexibility index (Phi) is 2.72. The van der Waals surface area contributed by atoms with Gasteiger partial charge in [0.15, 0.2) is 0 Å². The van der Waals surface area contributed by atoms with E-state index in [1.165, 1.54) is 16.6 Å². The summed E-state index contributed by atoms with van der Waals surface area (Å²) in [4.78, 5) is 4.54. The van der Waals surface area contributed by atoms with Crippen LogP contribution >= 0.6 is 0 Å². The molecule has 3 heteroatoms. The van der Waals surface area contributed by atoms with E-state index in [1.807, 2.05) is 18.2 Å². The van der Waals surface area contributed by atoms with Crippen LogP contribution in [0.4, 0.5) is 0 Å². The van der Waals surface area contributed by atoms with Gasteiger partial charge in [-0.2, -0.15) is 0 Å². The largest absolute Gasteiger partial charge is 0.649 e. The van der Waals surface area contributed by atoms with E-state index in [1.54, 1.807) is 0 Å². The second kappa shape index (κ2) is 4.00. The van der Waals surface area contributed by atoms with Gasteiger partial charge in [-0.3, -0.25) is 0 Å². The zero-order chi connectivity index (χ0) is 9.97. The van der Waals surface area contributed by atoms with Crippen molar-refractivity contribution >= 4 is 27.5 Å². The molecule has 0 unspecified atom stereocenters. The Hall–Kier alpha value is -1.04. The summed E-state index contributed by atoms with van der Waals surface area (Å²) in [6.45, 7) is 2.10. The number of nitrogens with zero attached hydrogens (tertiary/aromatic N) is 1. The number of para-hydroxylation sites is 1. The Morgan fingerprint density at radius 1 is 1.29 bits per heavy atom. The van der Waals surface area contributed by atoms with E-state index in [2.05, 4.69) is 24.0 Å². The predicted molar refractivity (Wildman–Crippen MR) is 58.9 cm³/mol. The number of pyridine rings is 1. The van der Waals surface area contributed by atoms with Crippen molar-refractivity contribution in [2.75, 3.05) is 0 Å². The molecule has 1 radical (unpaired) electrons. The van der Waals surface area contributed by atoms with Crippen molar-refractivity contribution in [2.45, 2.75) is 13.3 Å². The van der Waals surface area contributed by atoms with Gasteiger partial charge in [0, 0.05) is 11.1 Å². The molecular weight excluding hydrogens is 189 g/mol. The zero-order valence-corrected chi connectivity index (χ0v) is 9.57. The number of aryl methyl sites for hydroxylation is 1. The summed E-state index contributed by atoms with van der Waals surface area (Å²) in [5.74, 6) is 0.858. The number of hydrogen-bond acceptors (Lipinski definition) is 2. The van der Waals surface area contributed by atoms with Gasteiger partial charge in [-0.05, 0) is 18.6 Å². The minimum absolute atomic E-state index is 0.858. The molecule has 1 heterocycles. The van der Waals surface area contributed by atoms with Crippen LogP contribution < -0.4 is 3.79 Å². The van der Waals surface area contributed by atoms with Gasteiger partial charge < -0.3 is 3.79 Å². The molecule has 14 heavy (non-hydrogen) atoms. The lowest BCUT2D eigenvalue weighted by atomic mass is 10.2. The average Bonchev–Trinajstić information content (AvgIpc) is 2.27. The van der Waals surface area contributed by atoms with Crippen LogP contribution in [0.5, 0.6) is 5.75 Å². The first-order valence-electron chi connectivity index (χ1n) is 4.66. The molecule has 0 fully saturated rings. The van der Waals surface area contributed by atoms with Crippen molar-refractivity contribution in [1.29, 1.82) is 0 Å². The van der Waals surface area contributed by atoms with E-state index < -0.39 is 0 Å². The maximum atomic E-state index is 5.29. The van der Waals surface area contributed by atoms with E-state index in [0.29, 0.717) is 0 Å². The Bertz CT molecular complexity index is 456. The molecule has 0 N–H and O–H groups in total. The third-order valence-electron chi connectivity index (χ3n) is 2.26. The average molecular weight is 200 g/mol.